The van der Waals surface area contributed by atoms with Crippen molar-refractivity contribution in [1.29, 1.82) is 0 Å². The lowest BCUT2D eigenvalue weighted by Crippen LogP contribution is -2.35. The summed E-state index contributed by atoms with van der Waals surface area (Å²) in [5, 5.41) is 3.85. The van der Waals surface area contributed by atoms with E-state index in [1.165, 1.54) is 0 Å². The highest BCUT2D eigenvalue weighted by atomic mass is 32.1. The van der Waals surface area contributed by atoms with Gasteiger partial charge in [0.2, 0.25) is 5.91 Å². The number of fused-ring (bicyclic) bond motifs is 1. The molecule has 2 aromatic rings. The first kappa shape index (κ1) is 13.0. The maximum Gasteiger partial charge on any atom is 0.236 e. The predicted octanol–water partition coefficient (Wildman–Crippen LogP) is 2.04. The number of carbonyl (C=O) groups excluding carboxylic acids is 1. The molecule has 0 radical (unpaired) electrons. The van der Waals surface area contributed by atoms with Crippen molar-refractivity contribution in [2.45, 2.75) is 13.0 Å². The summed E-state index contributed by atoms with van der Waals surface area (Å²) in [7, 11) is 3.59. The number of thiazole rings is 1. The van der Waals surface area contributed by atoms with Crippen molar-refractivity contribution in [3.05, 3.63) is 29.3 Å². The van der Waals surface area contributed by atoms with Crippen LogP contribution in [0, 0.1) is 0 Å². The Labute approximate surface area is 111 Å². The van der Waals surface area contributed by atoms with Gasteiger partial charge in [0, 0.05) is 7.05 Å². The van der Waals surface area contributed by atoms with E-state index >= 15 is 0 Å². The van der Waals surface area contributed by atoms with Crippen molar-refractivity contribution in [2.75, 3.05) is 20.6 Å². The molecule has 0 saturated heterocycles. The van der Waals surface area contributed by atoms with Crippen LogP contribution >= 0.6 is 11.3 Å². The molecule has 1 amide bonds. The summed E-state index contributed by atoms with van der Waals surface area (Å²) < 4.78 is 1.16. The molecule has 18 heavy (non-hydrogen) atoms. The molecule has 1 unspecified atom stereocenters. The number of likely N-dealkylation sites (N-methyl/N-ethyl adjacent to an activating group) is 2. The summed E-state index contributed by atoms with van der Waals surface area (Å²) in [6.45, 7) is 2.36. The molecule has 0 bridgehead atoms. The molecule has 0 spiro atoms. The van der Waals surface area contributed by atoms with Gasteiger partial charge in [0.15, 0.2) is 0 Å². The third-order valence-electron chi connectivity index (χ3n) is 2.97. The zero-order chi connectivity index (χ0) is 13.1. The van der Waals surface area contributed by atoms with Gasteiger partial charge in [0.05, 0.1) is 22.8 Å². The molecule has 1 atom stereocenters. The zero-order valence-corrected chi connectivity index (χ0v) is 11.6. The van der Waals surface area contributed by atoms with Crippen molar-refractivity contribution in [3.8, 4) is 0 Å². The van der Waals surface area contributed by atoms with Crippen LogP contribution in [0.2, 0.25) is 0 Å². The molecule has 1 aromatic carbocycles. The first-order valence-corrected chi connectivity index (χ1v) is 6.71. The van der Waals surface area contributed by atoms with Gasteiger partial charge in [-0.2, -0.15) is 0 Å². The highest BCUT2D eigenvalue weighted by Crippen LogP contribution is 2.28. The number of nitrogens with zero attached hydrogens (tertiary/aromatic N) is 2. The molecule has 0 aliphatic carbocycles. The fraction of sp³-hybridized carbons (Fsp3) is 0.385. The maximum absolute atomic E-state index is 11.8. The monoisotopic (exact) mass is 263 g/mol. The Morgan fingerprint density at radius 2 is 2.22 bits per heavy atom. The van der Waals surface area contributed by atoms with E-state index in [1.807, 2.05) is 32.2 Å². The van der Waals surface area contributed by atoms with Crippen LogP contribution in [-0.2, 0) is 4.79 Å². The van der Waals surface area contributed by atoms with E-state index < -0.39 is 0 Å². The van der Waals surface area contributed by atoms with Crippen LogP contribution in [-0.4, -0.2) is 36.4 Å². The second kappa shape index (κ2) is 5.46. The minimum Gasteiger partial charge on any atom is -0.335 e. The Morgan fingerprint density at radius 3 is 2.89 bits per heavy atom. The van der Waals surface area contributed by atoms with E-state index in [0.29, 0.717) is 6.54 Å². The summed E-state index contributed by atoms with van der Waals surface area (Å²) in [4.78, 5) is 18.1. The summed E-state index contributed by atoms with van der Waals surface area (Å²) in [5.41, 5.74) is 0.999. The largest absolute Gasteiger partial charge is 0.335 e. The van der Waals surface area contributed by atoms with E-state index in [0.717, 1.165) is 15.2 Å². The minimum absolute atomic E-state index is 0.00301. The third-order valence-corrected chi connectivity index (χ3v) is 4.18. The molecule has 1 heterocycles. The van der Waals surface area contributed by atoms with Crippen molar-refractivity contribution < 1.29 is 4.79 Å². The Kier molecular flexibility index (Phi) is 3.93. The van der Waals surface area contributed by atoms with E-state index in [1.54, 1.807) is 23.3 Å². The molecule has 0 saturated carbocycles. The van der Waals surface area contributed by atoms with Crippen LogP contribution in [0.5, 0.6) is 0 Å². The molecule has 2 rings (SSSR count). The number of carbonyl (C=O) groups is 1. The van der Waals surface area contributed by atoms with Crippen LogP contribution in [0.1, 0.15) is 18.0 Å². The lowest BCUT2D eigenvalue weighted by atomic mass is 10.3. The normalized spacial score (nSPS) is 12.6. The summed E-state index contributed by atoms with van der Waals surface area (Å²) in [5.74, 6) is 0.0734. The van der Waals surface area contributed by atoms with Gasteiger partial charge in [-0.25, -0.2) is 4.98 Å². The number of amides is 1. The van der Waals surface area contributed by atoms with Gasteiger partial charge in [0.1, 0.15) is 5.01 Å². The SMILES string of the molecule is CNCC(=O)N(C)C(C)c1nc2ccccc2s1. The van der Waals surface area contributed by atoms with E-state index in [4.69, 9.17) is 0 Å². The fourth-order valence-corrected chi connectivity index (χ4v) is 2.79. The first-order chi connectivity index (χ1) is 8.63. The summed E-state index contributed by atoms with van der Waals surface area (Å²) >= 11 is 1.64. The molecule has 96 valence electrons. The quantitative estimate of drug-likeness (QED) is 0.918. The van der Waals surface area contributed by atoms with Crippen LogP contribution in [0.4, 0.5) is 0 Å². The maximum atomic E-state index is 11.8. The number of hydrogen-bond donors (Lipinski definition) is 1. The van der Waals surface area contributed by atoms with Gasteiger partial charge in [-0.05, 0) is 26.1 Å². The first-order valence-electron chi connectivity index (χ1n) is 5.89. The number of nitrogens with one attached hydrogen (secondary N) is 1. The summed E-state index contributed by atoms with van der Waals surface area (Å²) in [6, 6.07) is 8.04. The van der Waals surface area contributed by atoms with Gasteiger partial charge in [-0.3, -0.25) is 4.79 Å². The van der Waals surface area contributed by atoms with Gasteiger partial charge in [-0.1, -0.05) is 12.1 Å². The number of rotatable bonds is 4. The lowest BCUT2D eigenvalue weighted by Gasteiger charge is -2.23. The van der Waals surface area contributed by atoms with Gasteiger partial charge in [0.25, 0.3) is 0 Å². The smallest absolute Gasteiger partial charge is 0.236 e. The highest BCUT2D eigenvalue weighted by Gasteiger charge is 2.19. The van der Waals surface area contributed by atoms with E-state index in [9.17, 15) is 4.79 Å². The number of benzene rings is 1. The van der Waals surface area contributed by atoms with Gasteiger partial charge in [-0.15, -0.1) is 11.3 Å². The van der Waals surface area contributed by atoms with Gasteiger partial charge >= 0.3 is 0 Å². The number of para-hydroxylation sites is 1. The molecule has 0 fully saturated rings. The van der Waals surface area contributed by atoms with E-state index in [-0.39, 0.29) is 11.9 Å². The van der Waals surface area contributed by atoms with Crippen LogP contribution in [0.3, 0.4) is 0 Å². The highest BCUT2D eigenvalue weighted by molar-refractivity contribution is 7.18. The molecule has 1 aromatic heterocycles. The van der Waals surface area contributed by atoms with Crippen molar-refractivity contribution in [3.63, 3.8) is 0 Å². The van der Waals surface area contributed by atoms with Crippen LogP contribution in [0.25, 0.3) is 10.2 Å². The average molecular weight is 263 g/mol. The van der Waals surface area contributed by atoms with Gasteiger partial charge < -0.3 is 10.2 Å². The molecule has 5 heteroatoms. The second-order valence-electron chi connectivity index (χ2n) is 4.23. The Morgan fingerprint density at radius 1 is 1.50 bits per heavy atom. The van der Waals surface area contributed by atoms with Crippen LogP contribution in [0.15, 0.2) is 24.3 Å². The molecule has 0 aliphatic rings. The Bertz CT molecular complexity index is 519. The molecular formula is C13H17N3OS. The molecule has 1 N–H and O–H groups in total. The summed E-state index contributed by atoms with van der Waals surface area (Å²) in [6.07, 6.45) is 0. The number of aromatic nitrogens is 1. The number of hydrogen-bond acceptors (Lipinski definition) is 4. The standard InChI is InChI=1S/C13H17N3OS/c1-9(16(3)12(17)8-14-2)13-15-10-6-4-5-7-11(10)18-13/h4-7,9,14H,8H2,1-3H3. The van der Waals surface area contributed by atoms with Crippen LogP contribution < -0.4 is 5.32 Å². The minimum atomic E-state index is 0.00301. The molecule has 0 aliphatic heterocycles. The predicted molar refractivity (Wildman–Crippen MR) is 74.7 cm³/mol. The zero-order valence-electron chi connectivity index (χ0n) is 10.8. The van der Waals surface area contributed by atoms with Crippen molar-refractivity contribution >= 4 is 27.5 Å². The topological polar surface area (TPSA) is 45.2 Å². The molecule has 4 nitrogen and oxygen atoms in total. The second-order valence-corrected chi connectivity index (χ2v) is 5.29. The fourth-order valence-electron chi connectivity index (χ4n) is 1.73. The Balaban J connectivity index is 2.22. The third kappa shape index (κ3) is 2.52. The van der Waals surface area contributed by atoms with Crippen molar-refractivity contribution in [2.24, 2.45) is 0 Å². The molecular weight excluding hydrogens is 246 g/mol. The Hall–Kier alpha value is -1.46. The van der Waals surface area contributed by atoms with E-state index in [2.05, 4.69) is 16.4 Å². The lowest BCUT2D eigenvalue weighted by molar-refractivity contribution is -0.130. The average Bonchev–Trinajstić information content (AvgIpc) is 2.81. The van der Waals surface area contributed by atoms with Crippen molar-refractivity contribution in [1.82, 2.24) is 15.2 Å².